The Morgan fingerprint density at radius 3 is 2.42 bits per heavy atom. The number of hydrogen-bond acceptors (Lipinski definition) is 4. The molecule has 0 unspecified atom stereocenters. The van der Waals surface area contributed by atoms with E-state index in [1.807, 2.05) is 0 Å². The van der Waals surface area contributed by atoms with Crippen molar-refractivity contribution < 1.29 is 10.0 Å². The highest BCUT2D eigenvalue weighted by molar-refractivity contribution is 6.44. The minimum atomic E-state index is -0.624. The lowest BCUT2D eigenvalue weighted by molar-refractivity contribution is -0.119. The van der Waals surface area contributed by atoms with E-state index in [2.05, 4.69) is 5.16 Å². The first-order valence-electron chi connectivity index (χ1n) is 4.23. The maximum Gasteiger partial charge on any atom is 0.185 e. The summed E-state index contributed by atoms with van der Waals surface area (Å²) in [5.74, 6) is 0.0267. The molecule has 3 aliphatic rings. The van der Waals surface area contributed by atoms with Gasteiger partial charge in [0.2, 0.25) is 0 Å². The molecule has 12 heavy (non-hydrogen) atoms. The molecule has 0 aliphatic heterocycles. The van der Waals surface area contributed by atoms with Crippen LogP contribution in [0.25, 0.3) is 0 Å². The highest BCUT2D eigenvalue weighted by Crippen LogP contribution is 2.38. The van der Waals surface area contributed by atoms with Gasteiger partial charge in [-0.25, -0.2) is 0 Å². The Balaban J connectivity index is 2.40. The van der Waals surface area contributed by atoms with E-state index < -0.39 is 5.54 Å². The van der Waals surface area contributed by atoms with Crippen molar-refractivity contribution in [1.82, 2.24) is 0 Å². The second-order valence-corrected chi connectivity index (χ2v) is 3.74. The first-order valence-corrected chi connectivity index (χ1v) is 4.23. The number of oxime groups is 1. The van der Waals surface area contributed by atoms with Crippen molar-refractivity contribution in [2.24, 2.45) is 16.8 Å². The van der Waals surface area contributed by atoms with Gasteiger partial charge >= 0.3 is 0 Å². The van der Waals surface area contributed by atoms with Gasteiger partial charge in [0.25, 0.3) is 0 Å². The zero-order valence-electron chi connectivity index (χ0n) is 6.79. The van der Waals surface area contributed by atoms with Gasteiger partial charge in [-0.2, -0.15) is 0 Å². The van der Waals surface area contributed by atoms with E-state index in [-0.39, 0.29) is 17.4 Å². The quantitative estimate of drug-likeness (QED) is 0.403. The molecular weight excluding hydrogens is 156 g/mol. The van der Waals surface area contributed by atoms with Crippen LogP contribution in [0.15, 0.2) is 5.16 Å². The van der Waals surface area contributed by atoms with E-state index in [4.69, 9.17) is 10.9 Å². The van der Waals surface area contributed by atoms with Gasteiger partial charge in [-0.05, 0) is 25.7 Å². The summed E-state index contributed by atoms with van der Waals surface area (Å²) < 4.78 is 0. The molecule has 3 rings (SSSR count). The van der Waals surface area contributed by atoms with E-state index in [1.54, 1.807) is 0 Å². The Morgan fingerprint density at radius 1 is 1.50 bits per heavy atom. The van der Waals surface area contributed by atoms with Crippen molar-refractivity contribution in [3.05, 3.63) is 0 Å². The predicted octanol–water partition coefficient (Wildman–Crippen LogP) is 0.287. The number of Topliss-reactive ketones (excluding diaryl/α,β-unsaturated/α-hetero) is 1. The van der Waals surface area contributed by atoms with Crippen LogP contribution in [0, 0.1) is 5.92 Å². The number of nitrogens with two attached hydrogens (primary N) is 1. The maximum atomic E-state index is 11.5. The van der Waals surface area contributed by atoms with Gasteiger partial charge < -0.3 is 10.9 Å². The minimum Gasteiger partial charge on any atom is -0.410 e. The van der Waals surface area contributed by atoms with Crippen LogP contribution >= 0.6 is 0 Å². The Kier molecular flexibility index (Phi) is 1.48. The number of fused-ring (bicyclic) bond motifs is 3. The van der Waals surface area contributed by atoms with Crippen LogP contribution in [-0.2, 0) is 4.79 Å². The van der Waals surface area contributed by atoms with Crippen molar-refractivity contribution in [3.8, 4) is 0 Å². The smallest absolute Gasteiger partial charge is 0.185 e. The molecule has 4 heteroatoms. The molecule has 4 nitrogen and oxygen atoms in total. The summed E-state index contributed by atoms with van der Waals surface area (Å²) in [4.78, 5) is 11.5. The fourth-order valence-corrected chi connectivity index (χ4v) is 2.22. The van der Waals surface area contributed by atoms with Crippen LogP contribution in [0.3, 0.4) is 0 Å². The Labute approximate surface area is 70.4 Å². The molecule has 3 aliphatic carbocycles. The molecule has 2 bridgehead atoms. The fourth-order valence-electron chi connectivity index (χ4n) is 2.22. The average molecular weight is 168 g/mol. The van der Waals surface area contributed by atoms with Crippen LogP contribution in [0.5, 0.6) is 0 Å². The average Bonchev–Trinajstić information content (AvgIpc) is 2.05. The standard InChI is InChI=1S/C8H12N2O2/c9-8-3-1-5(2-4-8)6(11)7(8)10-12/h5,12H,1-4,9H2. The summed E-state index contributed by atoms with van der Waals surface area (Å²) >= 11 is 0. The first-order chi connectivity index (χ1) is 5.67. The maximum absolute atomic E-state index is 11.5. The lowest BCUT2D eigenvalue weighted by Gasteiger charge is -2.42. The fraction of sp³-hybridized carbons (Fsp3) is 0.750. The molecule has 3 saturated carbocycles. The molecule has 3 fully saturated rings. The van der Waals surface area contributed by atoms with Crippen molar-refractivity contribution in [3.63, 3.8) is 0 Å². The third-order valence-electron chi connectivity index (χ3n) is 3.05. The van der Waals surface area contributed by atoms with E-state index in [1.165, 1.54) is 0 Å². The number of carbonyl (C=O) groups is 1. The molecule has 3 N–H and O–H groups in total. The SMILES string of the molecule is NC12CCC(CC1)C(=O)C2=NO. The molecule has 0 saturated heterocycles. The van der Waals surface area contributed by atoms with Crippen molar-refractivity contribution in [1.29, 1.82) is 0 Å². The minimum absolute atomic E-state index is 0.0440. The lowest BCUT2D eigenvalue weighted by atomic mass is 9.64. The van der Waals surface area contributed by atoms with Gasteiger partial charge in [0.1, 0.15) is 5.71 Å². The van der Waals surface area contributed by atoms with E-state index in [0.29, 0.717) is 0 Å². The summed E-state index contributed by atoms with van der Waals surface area (Å²) in [6.07, 6.45) is 3.27. The molecule has 0 amide bonds. The number of ketones is 1. The monoisotopic (exact) mass is 168 g/mol. The normalized spacial score (nSPS) is 43.9. The van der Waals surface area contributed by atoms with Crippen molar-refractivity contribution in [2.75, 3.05) is 0 Å². The van der Waals surface area contributed by atoms with Gasteiger partial charge in [0.15, 0.2) is 5.78 Å². The number of nitrogens with zero attached hydrogens (tertiary/aromatic N) is 1. The second kappa shape index (κ2) is 2.29. The molecule has 0 aromatic carbocycles. The molecule has 66 valence electrons. The van der Waals surface area contributed by atoms with E-state index in [9.17, 15) is 4.79 Å². The van der Waals surface area contributed by atoms with Gasteiger partial charge in [-0.1, -0.05) is 5.16 Å². The molecule has 0 atom stereocenters. The van der Waals surface area contributed by atoms with Crippen LogP contribution in [-0.4, -0.2) is 22.2 Å². The predicted molar refractivity (Wildman–Crippen MR) is 43.1 cm³/mol. The van der Waals surface area contributed by atoms with Crippen LogP contribution < -0.4 is 5.73 Å². The van der Waals surface area contributed by atoms with Crippen LogP contribution in [0.4, 0.5) is 0 Å². The summed E-state index contributed by atoms with van der Waals surface area (Å²) in [6, 6.07) is 0. The summed E-state index contributed by atoms with van der Waals surface area (Å²) in [5, 5.41) is 11.7. The molecule has 0 heterocycles. The first kappa shape index (κ1) is 7.73. The van der Waals surface area contributed by atoms with Gasteiger partial charge in [-0.3, -0.25) is 4.79 Å². The van der Waals surface area contributed by atoms with E-state index in [0.717, 1.165) is 25.7 Å². The van der Waals surface area contributed by atoms with Crippen LogP contribution in [0.1, 0.15) is 25.7 Å². The summed E-state index contributed by atoms with van der Waals surface area (Å²) in [6.45, 7) is 0. The topological polar surface area (TPSA) is 75.7 Å². The third kappa shape index (κ3) is 0.813. The molecule has 0 aromatic heterocycles. The largest absolute Gasteiger partial charge is 0.410 e. The molecule has 0 aromatic rings. The molecule has 0 spiro atoms. The lowest BCUT2D eigenvalue weighted by Crippen LogP contribution is -2.60. The Morgan fingerprint density at radius 2 is 2.08 bits per heavy atom. The highest BCUT2D eigenvalue weighted by Gasteiger charge is 2.48. The Hall–Kier alpha value is -0.900. The second-order valence-electron chi connectivity index (χ2n) is 3.74. The number of carbonyl (C=O) groups excluding carboxylic acids is 1. The molecular formula is C8H12N2O2. The number of hydrogen-bond donors (Lipinski definition) is 2. The summed E-state index contributed by atoms with van der Waals surface area (Å²) in [7, 11) is 0. The van der Waals surface area contributed by atoms with Gasteiger partial charge in [0, 0.05) is 5.92 Å². The Bertz CT molecular complexity index is 252. The van der Waals surface area contributed by atoms with Gasteiger partial charge in [0.05, 0.1) is 5.54 Å². The van der Waals surface area contributed by atoms with Crippen molar-refractivity contribution in [2.45, 2.75) is 31.2 Å². The zero-order chi connectivity index (χ0) is 8.77. The highest BCUT2D eigenvalue weighted by atomic mass is 16.4. The van der Waals surface area contributed by atoms with Crippen molar-refractivity contribution >= 4 is 11.5 Å². The van der Waals surface area contributed by atoms with E-state index >= 15 is 0 Å². The zero-order valence-corrected chi connectivity index (χ0v) is 6.79. The number of rotatable bonds is 0. The third-order valence-corrected chi connectivity index (χ3v) is 3.05. The van der Waals surface area contributed by atoms with Crippen LogP contribution in [0.2, 0.25) is 0 Å². The summed E-state index contributed by atoms with van der Waals surface area (Å²) in [5.41, 5.74) is 5.50. The molecule has 0 radical (unpaired) electrons. The van der Waals surface area contributed by atoms with Gasteiger partial charge in [-0.15, -0.1) is 0 Å².